The number of nitrogens with one attached hydrogen (secondary N) is 1. The van der Waals surface area contributed by atoms with Crippen LogP contribution in [0, 0.1) is 0 Å². The first-order valence-corrected chi connectivity index (χ1v) is 7.55. The average Bonchev–Trinajstić information content (AvgIpc) is 2.57. The third kappa shape index (κ3) is 5.14. The fourth-order valence-electron chi connectivity index (χ4n) is 1.91. The Hall–Kier alpha value is -2.82. The summed E-state index contributed by atoms with van der Waals surface area (Å²) in [5.74, 6) is -0.147. The number of benzene rings is 2. The number of carbonyl (C=O) groups is 1. The largest absolute Gasteiger partial charge is 0.493 e. The lowest BCUT2D eigenvalue weighted by Crippen LogP contribution is -2.00. The Balaban J connectivity index is 1.98. The fourth-order valence-corrected chi connectivity index (χ4v) is 1.91. The molecule has 2 aromatic rings. The molecule has 0 bridgehead atoms. The maximum absolute atomic E-state index is 10.8. The molecule has 0 aliphatic rings. The normalized spacial score (nSPS) is 10.7. The van der Waals surface area contributed by atoms with E-state index in [9.17, 15) is 4.79 Å². The van der Waals surface area contributed by atoms with Gasteiger partial charge in [-0.25, -0.2) is 4.79 Å². The quantitative estimate of drug-likeness (QED) is 0.439. The standard InChI is InChI=1S/C18H20N2O3/c1-2-3-12-23-17-7-5-4-6-15(17)13-19-20-16-10-8-14(9-11-16)18(21)22/h4-11,13,20H,2-3,12H2,1H3,(H,21,22)/b19-13+. The van der Waals surface area contributed by atoms with E-state index < -0.39 is 5.97 Å². The molecule has 0 fully saturated rings. The summed E-state index contributed by atoms with van der Waals surface area (Å²) in [6.07, 6.45) is 3.79. The van der Waals surface area contributed by atoms with E-state index in [1.165, 1.54) is 12.1 Å². The lowest BCUT2D eigenvalue weighted by atomic mass is 10.2. The minimum absolute atomic E-state index is 0.245. The van der Waals surface area contributed by atoms with Gasteiger partial charge in [0.15, 0.2) is 0 Å². The Morgan fingerprint density at radius 1 is 1.22 bits per heavy atom. The summed E-state index contributed by atoms with van der Waals surface area (Å²) in [5.41, 5.74) is 4.72. The number of aromatic carboxylic acids is 1. The van der Waals surface area contributed by atoms with Gasteiger partial charge in [0.1, 0.15) is 5.75 Å². The van der Waals surface area contributed by atoms with E-state index in [4.69, 9.17) is 9.84 Å². The minimum atomic E-state index is -0.946. The summed E-state index contributed by atoms with van der Waals surface area (Å²) >= 11 is 0. The van der Waals surface area contributed by atoms with E-state index in [1.807, 2.05) is 24.3 Å². The predicted octanol–water partition coefficient (Wildman–Crippen LogP) is 4.01. The number of hydrogen-bond donors (Lipinski definition) is 2. The van der Waals surface area contributed by atoms with Crippen molar-refractivity contribution >= 4 is 17.9 Å². The molecule has 120 valence electrons. The van der Waals surface area contributed by atoms with Crippen LogP contribution in [-0.4, -0.2) is 23.9 Å². The van der Waals surface area contributed by atoms with Gasteiger partial charge in [0.25, 0.3) is 0 Å². The zero-order chi connectivity index (χ0) is 16.5. The number of ether oxygens (including phenoxy) is 1. The molecule has 2 N–H and O–H groups in total. The van der Waals surface area contributed by atoms with E-state index in [-0.39, 0.29) is 5.56 Å². The molecule has 0 saturated heterocycles. The molecule has 0 amide bonds. The summed E-state index contributed by atoms with van der Waals surface area (Å²) in [7, 11) is 0. The SMILES string of the molecule is CCCCOc1ccccc1/C=N/Nc1ccc(C(=O)O)cc1. The van der Waals surface area contributed by atoms with Crippen LogP contribution in [0.4, 0.5) is 5.69 Å². The first kappa shape index (κ1) is 16.5. The van der Waals surface area contributed by atoms with Crippen molar-refractivity contribution < 1.29 is 14.6 Å². The molecule has 0 heterocycles. The van der Waals surface area contributed by atoms with Crippen molar-refractivity contribution in [2.75, 3.05) is 12.0 Å². The van der Waals surface area contributed by atoms with Crippen molar-refractivity contribution in [3.8, 4) is 5.75 Å². The molecule has 0 aliphatic heterocycles. The number of rotatable bonds is 8. The number of para-hydroxylation sites is 1. The molecule has 0 spiro atoms. The molecule has 0 aromatic heterocycles. The number of carboxylic acids is 1. The van der Waals surface area contributed by atoms with Crippen LogP contribution in [0.25, 0.3) is 0 Å². The lowest BCUT2D eigenvalue weighted by Gasteiger charge is -2.08. The van der Waals surface area contributed by atoms with Crippen LogP contribution < -0.4 is 10.2 Å². The van der Waals surface area contributed by atoms with Crippen LogP contribution in [-0.2, 0) is 0 Å². The smallest absolute Gasteiger partial charge is 0.335 e. The van der Waals surface area contributed by atoms with Crippen molar-refractivity contribution in [3.05, 3.63) is 59.7 Å². The second-order valence-electron chi connectivity index (χ2n) is 4.99. The van der Waals surface area contributed by atoms with Gasteiger partial charge in [0.2, 0.25) is 0 Å². The molecule has 0 radical (unpaired) electrons. The van der Waals surface area contributed by atoms with Crippen LogP contribution in [0.1, 0.15) is 35.7 Å². The van der Waals surface area contributed by atoms with Gasteiger partial charge < -0.3 is 9.84 Å². The molecule has 2 aromatic carbocycles. The van der Waals surface area contributed by atoms with E-state index in [0.29, 0.717) is 6.61 Å². The molecule has 0 unspecified atom stereocenters. The number of hydrazone groups is 1. The predicted molar refractivity (Wildman–Crippen MR) is 91.5 cm³/mol. The number of carboxylic acid groups (broad SMARTS) is 1. The highest BCUT2D eigenvalue weighted by Crippen LogP contribution is 2.16. The average molecular weight is 312 g/mol. The molecule has 0 aliphatic carbocycles. The van der Waals surface area contributed by atoms with Gasteiger partial charge in [-0.1, -0.05) is 25.5 Å². The van der Waals surface area contributed by atoms with Crippen LogP contribution >= 0.6 is 0 Å². The Bertz CT molecular complexity index is 666. The highest BCUT2D eigenvalue weighted by molar-refractivity contribution is 5.88. The van der Waals surface area contributed by atoms with E-state index in [0.717, 1.165) is 29.8 Å². The van der Waals surface area contributed by atoms with Gasteiger partial charge in [0.05, 0.1) is 24.1 Å². The lowest BCUT2D eigenvalue weighted by molar-refractivity contribution is 0.0697. The Morgan fingerprint density at radius 2 is 1.96 bits per heavy atom. The van der Waals surface area contributed by atoms with Crippen molar-refractivity contribution in [1.29, 1.82) is 0 Å². The molecule has 23 heavy (non-hydrogen) atoms. The second kappa shape index (κ2) is 8.58. The van der Waals surface area contributed by atoms with Gasteiger partial charge >= 0.3 is 5.97 Å². The summed E-state index contributed by atoms with van der Waals surface area (Å²) in [5, 5.41) is 13.0. The van der Waals surface area contributed by atoms with Crippen LogP contribution in [0.15, 0.2) is 53.6 Å². The van der Waals surface area contributed by atoms with Crippen molar-refractivity contribution in [3.63, 3.8) is 0 Å². The van der Waals surface area contributed by atoms with Crippen LogP contribution in [0.2, 0.25) is 0 Å². The number of unbranched alkanes of at least 4 members (excludes halogenated alkanes) is 1. The van der Waals surface area contributed by atoms with Crippen LogP contribution in [0.3, 0.4) is 0 Å². The number of anilines is 1. The highest BCUT2D eigenvalue weighted by Gasteiger charge is 2.02. The van der Waals surface area contributed by atoms with Gasteiger partial charge in [-0.15, -0.1) is 0 Å². The highest BCUT2D eigenvalue weighted by atomic mass is 16.5. The number of nitrogens with zero attached hydrogens (tertiary/aromatic N) is 1. The minimum Gasteiger partial charge on any atom is -0.493 e. The van der Waals surface area contributed by atoms with Gasteiger partial charge in [-0.05, 0) is 42.8 Å². The van der Waals surface area contributed by atoms with Crippen molar-refractivity contribution in [1.82, 2.24) is 0 Å². The Kier molecular flexibility index (Phi) is 6.17. The molecular weight excluding hydrogens is 292 g/mol. The maximum atomic E-state index is 10.8. The monoisotopic (exact) mass is 312 g/mol. The second-order valence-corrected chi connectivity index (χ2v) is 4.99. The summed E-state index contributed by atoms with van der Waals surface area (Å²) in [6, 6.07) is 14.1. The third-order valence-corrected chi connectivity index (χ3v) is 3.20. The van der Waals surface area contributed by atoms with E-state index in [1.54, 1.807) is 18.3 Å². The van der Waals surface area contributed by atoms with Crippen LogP contribution in [0.5, 0.6) is 5.75 Å². The third-order valence-electron chi connectivity index (χ3n) is 3.20. The summed E-state index contributed by atoms with van der Waals surface area (Å²) < 4.78 is 5.74. The van der Waals surface area contributed by atoms with E-state index in [2.05, 4.69) is 17.5 Å². The topological polar surface area (TPSA) is 70.9 Å². The maximum Gasteiger partial charge on any atom is 0.335 e. The zero-order valence-electron chi connectivity index (χ0n) is 13.0. The first-order chi connectivity index (χ1) is 11.2. The zero-order valence-corrected chi connectivity index (χ0v) is 13.0. The summed E-state index contributed by atoms with van der Waals surface area (Å²) in [6.45, 7) is 2.81. The van der Waals surface area contributed by atoms with Crippen molar-refractivity contribution in [2.24, 2.45) is 5.10 Å². The molecular formula is C18H20N2O3. The Labute approximate surface area is 135 Å². The summed E-state index contributed by atoms with van der Waals surface area (Å²) in [4.78, 5) is 10.8. The molecule has 0 atom stereocenters. The Morgan fingerprint density at radius 3 is 2.65 bits per heavy atom. The molecule has 5 heteroatoms. The van der Waals surface area contributed by atoms with Gasteiger partial charge in [0, 0.05) is 5.56 Å². The van der Waals surface area contributed by atoms with Gasteiger partial charge in [-0.3, -0.25) is 5.43 Å². The van der Waals surface area contributed by atoms with Crippen molar-refractivity contribution in [2.45, 2.75) is 19.8 Å². The number of hydrogen-bond acceptors (Lipinski definition) is 4. The van der Waals surface area contributed by atoms with Gasteiger partial charge in [-0.2, -0.15) is 5.10 Å². The fraction of sp³-hybridized carbons (Fsp3) is 0.222. The van der Waals surface area contributed by atoms with E-state index >= 15 is 0 Å². The molecule has 5 nitrogen and oxygen atoms in total. The molecule has 0 saturated carbocycles. The molecule has 2 rings (SSSR count). The first-order valence-electron chi connectivity index (χ1n) is 7.55.